The second-order valence-corrected chi connectivity index (χ2v) is 6.57. The molecule has 1 aliphatic heterocycles. The molecule has 2 aromatic heterocycles. The number of aromatic nitrogens is 3. The van der Waals surface area contributed by atoms with E-state index in [4.69, 9.17) is 22.1 Å². The Bertz CT molecular complexity index is 898. The lowest BCUT2D eigenvalue weighted by Gasteiger charge is -2.36. The van der Waals surface area contributed by atoms with Gasteiger partial charge in [-0.1, -0.05) is 17.7 Å². The lowest BCUT2D eigenvalue weighted by Crippen LogP contribution is -2.47. The minimum absolute atomic E-state index is 0.223. The van der Waals surface area contributed by atoms with Gasteiger partial charge in [0.15, 0.2) is 11.6 Å². The molecule has 0 radical (unpaired) electrons. The molecule has 1 aliphatic rings. The third kappa shape index (κ3) is 4.03. The number of hydrogen-bond acceptors (Lipinski definition) is 7. The van der Waals surface area contributed by atoms with E-state index in [1.165, 1.54) is 0 Å². The van der Waals surface area contributed by atoms with Gasteiger partial charge in [-0.3, -0.25) is 0 Å². The molecule has 2 N–H and O–H groups in total. The van der Waals surface area contributed by atoms with Crippen LogP contribution in [0.5, 0.6) is 11.5 Å². The normalized spacial score (nSPS) is 14.3. The molecule has 0 bridgehead atoms. The molecule has 0 spiro atoms. The minimum atomic E-state index is 0.223. The molecule has 3 heterocycles. The summed E-state index contributed by atoms with van der Waals surface area (Å²) in [4.78, 5) is 17.3. The van der Waals surface area contributed by atoms with Gasteiger partial charge in [0, 0.05) is 37.4 Å². The maximum atomic E-state index is 5.98. The monoisotopic (exact) mass is 382 g/mol. The molecule has 0 amide bonds. The maximum Gasteiger partial charge on any atom is 0.222 e. The number of ether oxygens (including phenoxy) is 1. The third-order valence-corrected chi connectivity index (χ3v) is 4.60. The van der Waals surface area contributed by atoms with E-state index in [-0.39, 0.29) is 5.95 Å². The molecule has 7 nitrogen and oxygen atoms in total. The first-order chi connectivity index (χ1) is 13.2. The maximum absolute atomic E-state index is 5.98. The zero-order chi connectivity index (χ0) is 18.6. The van der Waals surface area contributed by atoms with E-state index in [0.29, 0.717) is 22.3 Å². The summed E-state index contributed by atoms with van der Waals surface area (Å²) in [5.74, 6) is 3.13. The molecular formula is C19H19ClN6O. The first-order valence-corrected chi connectivity index (χ1v) is 9.04. The molecule has 3 aromatic rings. The van der Waals surface area contributed by atoms with Crippen LogP contribution in [-0.4, -0.2) is 41.1 Å². The van der Waals surface area contributed by atoms with Crippen molar-refractivity contribution in [3.8, 4) is 11.5 Å². The zero-order valence-corrected chi connectivity index (χ0v) is 15.4. The summed E-state index contributed by atoms with van der Waals surface area (Å²) in [7, 11) is 0. The fourth-order valence-electron chi connectivity index (χ4n) is 2.99. The molecule has 138 valence electrons. The van der Waals surface area contributed by atoms with E-state index >= 15 is 0 Å². The number of anilines is 3. The van der Waals surface area contributed by atoms with Crippen LogP contribution in [0, 0.1) is 0 Å². The van der Waals surface area contributed by atoms with E-state index in [9.17, 15) is 0 Å². The van der Waals surface area contributed by atoms with Crippen molar-refractivity contribution in [2.75, 3.05) is 41.7 Å². The highest BCUT2D eigenvalue weighted by Crippen LogP contribution is 2.32. The van der Waals surface area contributed by atoms with E-state index in [1.54, 1.807) is 18.3 Å². The summed E-state index contributed by atoms with van der Waals surface area (Å²) < 4.78 is 5.98. The molecule has 1 fully saturated rings. The van der Waals surface area contributed by atoms with Crippen LogP contribution in [0.3, 0.4) is 0 Å². The highest BCUT2D eigenvalue weighted by Gasteiger charge is 2.22. The van der Waals surface area contributed by atoms with Gasteiger partial charge in [-0.25, -0.2) is 9.97 Å². The Labute approximate surface area is 162 Å². The fourth-order valence-corrected chi connectivity index (χ4v) is 3.12. The second-order valence-electron chi connectivity index (χ2n) is 6.13. The number of rotatable bonds is 4. The van der Waals surface area contributed by atoms with Crippen molar-refractivity contribution < 1.29 is 4.74 Å². The van der Waals surface area contributed by atoms with Gasteiger partial charge >= 0.3 is 0 Å². The van der Waals surface area contributed by atoms with Gasteiger partial charge < -0.3 is 20.3 Å². The number of halogens is 1. The van der Waals surface area contributed by atoms with Crippen molar-refractivity contribution in [1.82, 2.24) is 15.0 Å². The lowest BCUT2D eigenvalue weighted by atomic mass is 10.3. The molecule has 1 aromatic carbocycles. The van der Waals surface area contributed by atoms with Gasteiger partial charge in [-0.2, -0.15) is 4.98 Å². The van der Waals surface area contributed by atoms with Crippen LogP contribution >= 0.6 is 11.6 Å². The highest BCUT2D eigenvalue weighted by atomic mass is 35.5. The molecule has 0 saturated carbocycles. The molecule has 27 heavy (non-hydrogen) atoms. The van der Waals surface area contributed by atoms with Gasteiger partial charge in [0.25, 0.3) is 0 Å². The Morgan fingerprint density at radius 3 is 2.37 bits per heavy atom. The number of piperazine rings is 1. The highest BCUT2D eigenvalue weighted by molar-refractivity contribution is 6.30. The summed E-state index contributed by atoms with van der Waals surface area (Å²) in [6, 6.07) is 13.1. The van der Waals surface area contributed by atoms with Gasteiger partial charge in [0.2, 0.25) is 5.95 Å². The van der Waals surface area contributed by atoms with Crippen LogP contribution < -0.4 is 20.3 Å². The Morgan fingerprint density at radius 1 is 0.926 bits per heavy atom. The van der Waals surface area contributed by atoms with Crippen LogP contribution in [0.25, 0.3) is 0 Å². The first-order valence-electron chi connectivity index (χ1n) is 8.66. The number of hydrogen-bond donors (Lipinski definition) is 1. The van der Waals surface area contributed by atoms with Crippen molar-refractivity contribution in [1.29, 1.82) is 0 Å². The largest absolute Gasteiger partial charge is 0.452 e. The Morgan fingerprint density at radius 2 is 1.67 bits per heavy atom. The lowest BCUT2D eigenvalue weighted by molar-refractivity contribution is 0.474. The fraction of sp³-hybridized carbons (Fsp3) is 0.211. The quantitative estimate of drug-likeness (QED) is 0.741. The summed E-state index contributed by atoms with van der Waals surface area (Å²) in [6.07, 6.45) is 3.42. The predicted molar refractivity (Wildman–Crippen MR) is 107 cm³/mol. The van der Waals surface area contributed by atoms with Crippen molar-refractivity contribution in [2.45, 2.75) is 0 Å². The van der Waals surface area contributed by atoms with E-state index in [2.05, 4.69) is 24.8 Å². The molecule has 0 atom stereocenters. The molecule has 0 unspecified atom stereocenters. The first kappa shape index (κ1) is 17.4. The average Bonchev–Trinajstić information content (AvgIpc) is 2.72. The van der Waals surface area contributed by atoms with Crippen molar-refractivity contribution in [3.05, 3.63) is 59.9 Å². The molecule has 1 saturated heterocycles. The van der Waals surface area contributed by atoms with Crippen LogP contribution in [0.4, 0.5) is 17.6 Å². The summed E-state index contributed by atoms with van der Waals surface area (Å²) in [6.45, 7) is 3.23. The Kier molecular flexibility index (Phi) is 4.93. The number of benzene rings is 1. The number of pyridine rings is 1. The van der Waals surface area contributed by atoms with E-state index in [1.807, 2.05) is 36.5 Å². The van der Waals surface area contributed by atoms with E-state index < -0.39 is 0 Å². The topological polar surface area (TPSA) is 80.4 Å². The minimum Gasteiger partial charge on any atom is -0.452 e. The van der Waals surface area contributed by atoms with Gasteiger partial charge in [0.05, 0.1) is 6.20 Å². The molecule has 8 heteroatoms. The van der Waals surface area contributed by atoms with E-state index in [0.717, 1.165) is 32.0 Å². The number of nitrogen functional groups attached to an aromatic ring is 1. The zero-order valence-electron chi connectivity index (χ0n) is 14.6. The number of nitrogens with zero attached hydrogens (tertiary/aromatic N) is 5. The molecule has 0 aliphatic carbocycles. The standard InChI is InChI=1S/C19H19ClN6O/c20-14-4-6-15(7-5-14)27-16-13-23-19(21)24-18(16)26-11-9-25(10-12-26)17-3-1-2-8-22-17/h1-8,13H,9-12H2,(H2,21,23,24). The van der Waals surface area contributed by atoms with Gasteiger partial charge in [-0.15, -0.1) is 0 Å². The number of nitrogens with two attached hydrogens (primary N) is 1. The average molecular weight is 383 g/mol. The van der Waals surface area contributed by atoms with Gasteiger partial charge in [0.1, 0.15) is 11.6 Å². The predicted octanol–water partition coefficient (Wildman–Crippen LogP) is 3.23. The van der Waals surface area contributed by atoms with Crippen LogP contribution in [0.2, 0.25) is 5.02 Å². The third-order valence-electron chi connectivity index (χ3n) is 4.35. The van der Waals surface area contributed by atoms with Crippen molar-refractivity contribution >= 4 is 29.2 Å². The van der Waals surface area contributed by atoms with Gasteiger partial charge in [-0.05, 0) is 36.4 Å². The Balaban J connectivity index is 1.51. The van der Waals surface area contributed by atoms with Crippen molar-refractivity contribution in [2.24, 2.45) is 0 Å². The Hall–Kier alpha value is -3.06. The summed E-state index contributed by atoms with van der Waals surface area (Å²) in [5.41, 5.74) is 5.82. The SMILES string of the molecule is Nc1ncc(Oc2ccc(Cl)cc2)c(N2CCN(c3ccccn3)CC2)n1. The second kappa shape index (κ2) is 7.67. The smallest absolute Gasteiger partial charge is 0.222 e. The molecule has 4 rings (SSSR count). The summed E-state index contributed by atoms with van der Waals surface area (Å²) in [5, 5.41) is 0.654. The van der Waals surface area contributed by atoms with Crippen LogP contribution in [-0.2, 0) is 0 Å². The van der Waals surface area contributed by atoms with Crippen LogP contribution in [0.1, 0.15) is 0 Å². The van der Waals surface area contributed by atoms with Crippen molar-refractivity contribution in [3.63, 3.8) is 0 Å². The van der Waals surface area contributed by atoms with Crippen LogP contribution in [0.15, 0.2) is 54.9 Å². The molecular weight excluding hydrogens is 364 g/mol. The summed E-state index contributed by atoms with van der Waals surface area (Å²) >= 11 is 5.94.